The lowest BCUT2D eigenvalue weighted by molar-refractivity contribution is -0.125. The summed E-state index contributed by atoms with van der Waals surface area (Å²) in [7, 11) is 0. The molecule has 5 rings (SSSR count). The number of nitrogens with one attached hydrogen (secondary N) is 1. The molecule has 41 heavy (non-hydrogen) atoms. The molecule has 0 bridgehead atoms. The van der Waals surface area contributed by atoms with E-state index in [-0.39, 0.29) is 12.3 Å². The van der Waals surface area contributed by atoms with Gasteiger partial charge in [-0.05, 0) is 50.5 Å². The van der Waals surface area contributed by atoms with Crippen molar-refractivity contribution in [1.82, 2.24) is 5.32 Å². The largest absolute Gasteiger partial charge is 0.444 e. The topological polar surface area (TPSA) is 58.6 Å². The Kier molecular flexibility index (Phi) is 7.31. The van der Waals surface area contributed by atoms with E-state index in [1.807, 2.05) is 90.7 Å². The zero-order chi connectivity index (χ0) is 29.3. The van der Waals surface area contributed by atoms with E-state index in [2.05, 4.69) is 48.3 Å². The van der Waals surface area contributed by atoms with Crippen LogP contribution in [-0.4, -0.2) is 17.6 Å². The van der Waals surface area contributed by atoms with Gasteiger partial charge in [0.15, 0.2) is 5.54 Å². The van der Waals surface area contributed by atoms with Crippen LogP contribution in [-0.2, 0) is 20.6 Å². The fourth-order valence-electron chi connectivity index (χ4n) is 5.97. The van der Waals surface area contributed by atoms with E-state index in [0.717, 1.165) is 22.3 Å². The standard InChI is InChI=1S/C36H36N2O3/c1-26(2)25-35(37-33(40)41-34(3,4)5)30-23-15-16-24-31(30)38(32(35)39)36(27-17-9-6-10-18-27,28-19-11-7-12-20-28)29-21-13-8-14-22-29/h6-24H,1,25H2,2-5H3,(H,37,40)/t35-/m1/s1. The van der Waals surface area contributed by atoms with Gasteiger partial charge >= 0.3 is 6.09 Å². The number of ether oxygens (including phenoxy) is 1. The number of carbonyl (C=O) groups is 2. The van der Waals surface area contributed by atoms with Crippen molar-refractivity contribution in [1.29, 1.82) is 0 Å². The van der Waals surface area contributed by atoms with E-state index >= 15 is 4.79 Å². The molecule has 0 spiro atoms. The summed E-state index contributed by atoms with van der Waals surface area (Å²) in [5, 5.41) is 3.03. The van der Waals surface area contributed by atoms with Gasteiger partial charge in [0.1, 0.15) is 11.1 Å². The monoisotopic (exact) mass is 544 g/mol. The van der Waals surface area contributed by atoms with E-state index < -0.39 is 22.8 Å². The number of carbonyl (C=O) groups excluding carboxylic acids is 2. The van der Waals surface area contributed by atoms with Crippen LogP contribution in [0.5, 0.6) is 0 Å². The van der Waals surface area contributed by atoms with Crippen LogP contribution < -0.4 is 10.2 Å². The van der Waals surface area contributed by atoms with Crippen LogP contribution in [0.4, 0.5) is 10.5 Å². The molecule has 0 aromatic heterocycles. The quantitative estimate of drug-likeness (QED) is 0.191. The summed E-state index contributed by atoms with van der Waals surface area (Å²) in [6, 6.07) is 37.8. The van der Waals surface area contributed by atoms with Crippen LogP contribution in [0.1, 0.15) is 56.4 Å². The van der Waals surface area contributed by atoms with Gasteiger partial charge in [0, 0.05) is 12.0 Å². The first-order valence-corrected chi connectivity index (χ1v) is 13.9. The van der Waals surface area contributed by atoms with Crippen molar-refractivity contribution in [2.75, 3.05) is 4.90 Å². The number of rotatable bonds is 7. The summed E-state index contributed by atoms with van der Waals surface area (Å²) < 4.78 is 5.69. The number of benzene rings is 4. The lowest BCUT2D eigenvalue weighted by Gasteiger charge is -2.45. The summed E-state index contributed by atoms with van der Waals surface area (Å²) in [5.41, 5.74) is 1.72. The summed E-state index contributed by atoms with van der Waals surface area (Å²) in [6.45, 7) is 11.4. The molecule has 1 N–H and O–H groups in total. The fraction of sp³-hybridized carbons (Fsp3) is 0.222. The van der Waals surface area contributed by atoms with Crippen LogP contribution in [0.25, 0.3) is 0 Å². The zero-order valence-electron chi connectivity index (χ0n) is 24.1. The molecule has 4 aromatic carbocycles. The molecule has 0 saturated carbocycles. The maximum atomic E-state index is 15.3. The molecule has 1 atom stereocenters. The first-order valence-electron chi connectivity index (χ1n) is 13.9. The number of anilines is 1. The number of hydrogen-bond acceptors (Lipinski definition) is 3. The van der Waals surface area contributed by atoms with Crippen molar-refractivity contribution < 1.29 is 14.3 Å². The summed E-state index contributed by atoms with van der Waals surface area (Å²) in [5.74, 6) is -0.260. The first kappa shape index (κ1) is 27.9. The van der Waals surface area contributed by atoms with Crippen LogP contribution in [0.15, 0.2) is 127 Å². The third-order valence-electron chi connectivity index (χ3n) is 7.36. The highest BCUT2D eigenvalue weighted by atomic mass is 16.6. The molecule has 0 unspecified atom stereocenters. The Morgan fingerprint density at radius 1 is 0.780 bits per heavy atom. The molecule has 0 saturated heterocycles. The van der Waals surface area contributed by atoms with Crippen molar-refractivity contribution in [2.24, 2.45) is 0 Å². The molecule has 5 nitrogen and oxygen atoms in total. The normalized spacial score (nSPS) is 16.7. The number of hydrogen-bond donors (Lipinski definition) is 1. The van der Waals surface area contributed by atoms with Crippen molar-refractivity contribution >= 4 is 17.7 Å². The minimum Gasteiger partial charge on any atom is -0.444 e. The van der Waals surface area contributed by atoms with Gasteiger partial charge in [-0.25, -0.2) is 4.79 Å². The second kappa shape index (κ2) is 10.7. The van der Waals surface area contributed by atoms with E-state index in [1.54, 1.807) is 20.8 Å². The SMILES string of the molecule is C=C(C)C[C@]1(NC(=O)OC(C)(C)C)C(=O)N(C(c2ccccc2)(c2ccccc2)c2ccccc2)c2ccccc21. The van der Waals surface area contributed by atoms with Gasteiger partial charge in [-0.2, -0.15) is 0 Å². The van der Waals surface area contributed by atoms with Crippen LogP contribution in [0.2, 0.25) is 0 Å². The highest BCUT2D eigenvalue weighted by molar-refractivity contribution is 6.11. The maximum Gasteiger partial charge on any atom is 0.408 e. The highest BCUT2D eigenvalue weighted by Gasteiger charge is 2.59. The second-order valence-electron chi connectivity index (χ2n) is 11.6. The average molecular weight is 545 g/mol. The fourth-order valence-corrected chi connectivity index (χ4v) is 5.97. The summed E-state index contributed by atoms with van der Waals surface area (Å²) in [4.78, 5) is 30.6. The van der Waals surface area contributed by atoms with Crippen molar-refractivity contribution in [2.45, 2.75) is 50.8 Å². The minimum atomic E-state index is -1.42. The van der Waals surface area contributed by atoms with Gasteiger partial charge in [-0.15, -0.1) is 6.58 Å². The molecular weight excluding hydrogens is 508 g/mol. The molecular formula is C36H36N2O3. The smallest absolute Gasteiger partial charge is 0.408 e. The number of amides is 2. The van der Waals surface area contributed by atoms with Gasteiger partial charge in [0.2, 0.25) is 0 Å². The molecule has 1 heterocycles. The lowest BCUT2D eigenvalue weighted by atomic mass is 9.75. The Hall–Kier alpha value is -4.64. The van der Waals surface area contributed by atoms with Crippen molar-refractivity contribution in [3.05, 3.63) is 150 Å². The molecule has 5 heteroatoms. The van der Waals surface area contributed by atoms with Crippen molar-refractivity contribution in [3.8, 4) is 0 Å². The van der Waals surface area contributed by atoms with Crippen molar-refractivity contribution in [3.63, 3.8) is 0 Å². The molecule has 0 fully saturated rings. The first-order chi connectivity index (χ1) is 19.6. The highest BCUT2D eigenvalue weighted by Crippen LogP contribution is 2.53. The molecule has 1 aliphatic heterocycles. The van der Waals surface area contributed by atoms with Crippen LogP contribution in [0.3, 0.4) is 0 Å². The van der Waals surface area contributed by atoms with Gasteiger partial charge < -0.3 is 10.1 Å². The molecule has 208 valence electrons. The predicted octanol–water partition coefficient (Wildman–Crippen LogP) is 7.71. The van der Waals surface area contributed by atoms with Gasteiger partial charge in [-0.3, -0.25) is 9.69 Å². The molecule has 2 amide bonds. The van der Waals surface area contributed by atoms with E-state index in [9.17, 15) is 4.79 Å². The maximum absolute atomic E-state index is 15.3. The predicted molar refractivity (Wildman–Crippen MR) is 164 cm³/mol. The van der Waals surface area contributed by atoms with Gasteiger partial charge in [-0.1, -0.05) is 115 Å². The molecule has 4 aromatic rings. The van der Waals surface area contributed by atoms with E-state index in [1.165, 1.54) is 0 Å². The van der Waals surface area contributed by atoms with Crippen LogP contribution in [0, 0.1) is 0 Å². The number of nitrogens with zero attached hydrogens (tertiary/aromatic N) is 1. The van der Waals surface area contributed by atoms with E-state index in [0.29, 0.717) is 11.3 Å². The number of para-hydroxylation sites is 1. The Bertz CT molecular complexity index is 1460. The Morgan fingerprint density at radius 3 is 1.66 bits per heavy atom. The van der Waals surface area contributed by atoms with Gasteiger partial charge in [0.05, 0.1) is 5.69 Å². The third-order valence-corrected chi connectivity index (χ3v) is 7.36. The molecule has 1 aliphatic rings. The molecule has 0 radical (unpaired) electrons. The summed E-state index contributed by atoms with van der Waals surface area (Å²) >= 11 is 0. The third kappa shape index (κ3) is 4.93. The van der Waals surface area contributed by atoms with Gasteiger partial charge in [0.25, 0.3) is 5.91 Å². The summed E-state index contributed by atoms with van der Waals surface area (Å²) in [6.07, 6.45) is -0.443. The number of fused-ring (bicyclic) bond motifs is 1. The Balaban J connectivity index is 1.85. The van der Waals surface area contributed by atoms with E-state index in [4.69, 9.17) is 4.74 Å². The number of alkyl carbamates (subject to hydrolysis) is 1. The zero-order valence-corrected chi connectivity index (χ0v) is 24.1. The minimum absolute atomic E-state index is 0.215. The van der Waals surface area contributed by atoms with Crippen LogP contribution >= 0.6 is 0 Å². The second-order valence-corrected chi connectivity index (χ2v) is 11.6. The Labute approximate surface area is 242 Å². The lowest BCUT2D eigenvalue weighted by Crippen LogP contribution is -2.59. The average Bonchev–Trinajstić information content (AvgIpc) is 3.17. The molecule has 0 aliphatic carbocycles. The Morgan fingerprint density at radius 2 is 1.22 bits per heavy atom.